The van der Waals surface area contributed by atoms with Gasteiger partial charge in [0.25, 0.3) is 0 Å². The van der Waals surface area contributed by atoms with Crippen LogP contribution in [0.3, 0.4) is 0 Å². The number of aromatic nitrogens is 1. The van der Waals surface area contributed by atoms with Crippen molar-refractivity contribution in [2.45, 2.75) is 26.4 Å². The summed E-state index contributed by atoms with van der Waals surface area (Å²) >= 11 is 0. The van der Waals surface area contributed by atoms with Crippen molar-refractivity contribution >= 4 is 22.8 Å². The standard InChI is InChI=1S/C14H16N2O3/c1-9(2)15-13(17)8-16-7-6-10-11(14(18)19)4-3-5-12(10)16/h3-7,9H,8H2,1-2H3,(H,15,17)(H,18,19). The average Bonchev–Trinajstić information content (AvgIpc) is 2.71. The lowest BCUT2D eigenvalue weighted by Crippen LogP contribution is -2.32. The summed E-state index contributed by atoms with van der Waals surface area (Å²) in [4.78, 5) is 22.8. The Balaban J connectivity index is 2.33. The van der Waals surface area contributed by atoms with Gasteiger partial charge in [0, 0.05) is 23.1 Å². The average molecular weight is 260 g/mol. The molecule has 0 fully saturated rings. The lowest BCUT2D eigenvalue weighted by Gasteiger charge is -2.10. The minimum absolute atomic E-state index is 0.0870. The number of carboxylic acid groups (broad SMARTS) is 1. The maximum Gasteiger partial charge on any atom is 0.336 e. The second-order valence-electron chi connectivity index (χ2n) is 4.71. The van der Waals surface area contributed by atoms with E-state index in [0.717, 1.165) is 5.52 Å². The van der Waals surface area contributed by atoms with Crippen LogP contribution < -0.4 is 5.32 Å². The Morgan fingerprint density at radius 1 is 1.32 bits per heavy atom. The zero-order valence-electron chi connectivity index (χ0n) is 10.9. The summed E-state index contributed by atoms with van der Waals surface area (Å²) in [5.41, 5.74) is 0.999. The number of rotatable bonds is 4. The lowest BCUT2D eigenvalue weighted by molar-refractivity contribution is -0.122. The number of nitrogens with zero attached hydrogens (tertiary/aromatic N) is 1. The number of amides is 1. The Morgan fingerprint density at radius 3 is 2.68 bits per heavy atom. The van der Waals surface area contributed by atoms with E-state index in [2.05, 4.69) is 5.32 Å². The van der Waals surface area contributed by atoms with E-state index in [-0.39, 0.29) is 24.1 Å². The number of carbonyl (C=O) groups is 2. The molecule has 0 aliphatic carbocycles. The molecule has 1 amide bonds. The van der Waals surface area contributed by atoms with Crippen molar-refractivity contribution in [3.05, 3.63) is 36.0 Å². The molecule has 0 saturated heterocycles. The molecule has 0 aliphatic heterocycles. The molecule has 0 bridgehead atoms. The van der Waals surface area contributed by atoms with Crippen LogP contribution >= 0.6 is 0 Å². The molecule has 5 heteroatoms. The predicted octanol–water partition coefficient (Wildman–Crippen LogP) is 1.86. The fraction of sp³-hybridized carbons (Fsp3) is 0.286. The first-order chi connectivity index (χ1) is 8.99. The van der Waals surface area contributed by atoms with Gasteiger partial charge in [0.1, 0.15) is 6.54 Å². The SMILES string of the molecule is CC(C)NC(=O)Cn1ccc2c(C(=O)O)cccc21. The molecule has 19 heavy (non-hydrogen) atoms. The van der Waals surface area contributed by atoms with E-state index in [1.165, 1.54) is 0 Å². The van der Waals surface area contributed by atoms with Gasteiger partial charge in [-0.15, -0.1) is 0 Å². The van der Waals surface area contributed by atoms with Gasteiger partial charge in [0.2, 0.25) is 5.91 Å². The molecule has 5 nitrogen and oxygen atoms in total. The molecule has 0 spiro atoms. The second-order valence-corrected chi connectivity index (χ2v) is 4.71. The number of hydrogen-bond acceptors (Lipinski definition) is 2. The molecule has 2 rings (SSSR count). The maximum absolute atomic E-state index is 11.7. The van der Waals surface area contributed by atoms with Crippen molar-refractivity contribution in [2.75, 3.05) is 0 Å². The van der Waals surface area contributed by atoms with E-state index in [4.69, 9.17) is 5.11 Å². The first-order valence-electron chi connectivity index (χ1n) is 6.09. The number of carbonyl (C=O) groups excluding carboxylic acids is 1. The van der Waals surface area contributed by atoms with Crippen LogP contribution in [0.15, 0.2) is 30.5 Å². The number of carboxylic acids is 1. The van der Waals surface area contributed by atoms with Crippen molar-refractivity contribution in [2.24, 2.45) is 0 Å². The Bertz CT molecular complexity index is 629. The van der Waals surface area contributed by atoms with Crippen LogP contribution in [0.25, 0.3) is 10.9 Å². The van der Waals surface area contributed by atoms with E-state index in [1.54, 1.807) is 29.0 Å². The topological polar surface area (TPSA) is 71.3 Å². The van der Waals surface area contributed by atoms with Crippen LogP contribution in [0.1, 0.15) is 24.2 Å². The van der Waals surface area contributed by atoms with Gasteiger partial charge in [0.15, 0.2) is 0 Å². The van der Waals surface area contributed by atoms with Crippen LogP contribution in [0, 0.1) is 0 Å². The molecule has 0 aliphatic rings. The van der Waals surface area contributed by atoms with Crippen LogP contribution in [0.4, 0.5) is 0 Å². The summed E-state index contributed by atoms with van der Waals surface area (Å²) in [5.74, 6) is -1.05. The minimum atomic E-state index is -0.963. The lowest BCUT2D eigenvalue weighted by atomic mass is 10.1. The first-order valence-corrected chi connectivity index (χ1v) is 6.09. The van der Waals surface area contributed by atoms with Crippen LogP contribution in [-0.2, 0) is 11.3 Å². The highest BCUT2D eigenvalue weighted by Gasteiger charge is 2.12. The number of fused-ring (bicyclic) bond motifs is 1. The minimum Gasteiger partial charge on any atom is -0.478 e. The normalized spacial score (nSPS) is 10.9. The summed E-state index contributed by atoms with van der Waals surface area (Å²) < 4.78 is 1.75. The van der Waals surface area contributed by atoms with Gasteiger partial charge in [-0.05, 0) is 32.0 Å². The first kappa shape index (κ1) is 13.1. The number of nitrogens with one attached hydrogen (secondary N) is 1. The van der Waals surface area contributed by atoms with Gasteiger partial charge >= 0.3 is 5.97 Å². The third-order valence-electron chi connectivity index (χ3n) is 2.81. The molecule has 0 radical (unpaired) electrons. The van der Waals surface area contributed by atoms with Crippen LogP contribution in [0.5, 0.6) is 0 Å². The number of hydrogen-bond donors (Lipinski definition) is 2. The summed E-state index contributed by atoms with van der Waals surface area (Å²) in [6.07, 6.45) is 1.73. The van der Waals surface area contributed by atoms with Crippen molar-refractivity contribution in [3.8, 4) is 0 Å². The maximum atomic E-state index is 11.7. The Labute approximate surface area is 110 Å². The highest BCUT2D eigenvalue weighted by Crippen LogP contribution is 2.20. The van der Waals surface area contributed by atoms with Crippen LogP contribution in [-0.4, -0.2) is 27.6 Å². The predicted molar refractivity (Wildman–Crippen MR) is 72.2 cm³/mol. The van der Waals surface area contributed by atoms with Gasteiger partial charge in [-0.2, -0.15) is 0 Å². The van der Waals surface area contributed by atoms with Gasteiger partial charge in [-0.25, -0.2) is 4.79 Å². The molecule has 0 unspecified atom stereocenters. The van der Waals surface area contributed by atoms with Gasteiger partial charge in [-0.3, -0.25) is 4.79 Å². The monoisotopic (exact) mass is 260 g/mol. The van der Waals surface area contributed by atoms with E-state index >= 15 is 0 Å². The third-order valence-corrected chi connectivity index (χ3v) is 2.81. The molecule has 2 aromatic rings. The van der Waals surface area contributed by atoms with Crippen LogP contribution in [0.2, 0.25) is 0 Å². The number of aromatic carboxylic acids is 1. The quantitative estimate of drug-likeness (QED) is 0.881. The fourth-order valence-corrected chi connectivity index (χ4v) is 2.07. The Kier molecular flexibility index (Phi) is 3.55. The highest BCUT2D eigenvalue weighted by atomic mass is 16.4. The summed E-state index contributed by atoms with van der Waals surface area (Å²) in [6.45, 7) is 3.98. The summed E-state index contributed by atoms with van der Waals surface area (Å²) in [7, 11) is 0. The Morgan fingerprint density at radius 2 is 2.05 bits per heavy atom. The largest absolute Gasteiger partial charge is 0.478 e. The van der Waals surface area contributed by atoms with Gasteiger partial charge in [0.05, 0.1) is 5.56 Å². The summed E-state index contributed by atoms with van der Waals surface area (Å²) in [5, 5.41) is 12.6. The van der Waals surface area contributed by atoms with E-state index in [9.17, 15) is 9.59 Å². The third kappa shape index (κ3) is 2.76. The molecule has 2 N–H and O–H groups in total. The summed E-state index contributed by atoms with van der Waals surface area (Å²) in [6, 6.07) is 6.86. The zero-order valence-corrected chi connectivity index (χ0v) is 10.9. The number of benzene rings is 1. The fourth-order valence-electron chi connectivity index (χ4n) is 2.07. The van der Waals surface area contributed by atoms with Crippen molar-refractivity contribution in [1.82, 2.24) is 9.88 Å². The van der Waals surface area contributed by atoms with Gasteiger partial charge < -0.3 is 15.0 Å². The van der Waals surface area contributed by atoms with E-state index in [1.807, 2.05) is 19.9 Å². The molecule has 1 aromatic heterocycles. The van der Waals surface area contributed by atoms with Crippen molar-refractivity contribution in [1.29, 1.82) is 0 Å². The van der Waals surface area contributed by atoms with E-state index < -0.39 is 5.97 Å². The molecular weight excluding hydrogens is 244 g/mol. The Hall–Kier alpha value is -2.30. The molecule has 1 heterocycles. The van der Waals surface area contributed by atoms with Crippen molar-refractivity contribution < 1.29 is 14.7 Å². The molecule has 0 saturated carbocycles. The van der Waals surface area contributed by atoms with E-state index in [0.29, 0.717) is 5.39 Å². The zero-order chi connectivity index (χ0) is 14.0. The second kappa shape index (κ2) is 5.14. The van der Waals surface area contributed by atoms with Crippen molar-refractivity contribution in [3.63, 3.8) is 0 Å². The smallest absolute Gasteiger partial charge is 0.336 e. The molecule has 100 valence electrons. The molecule has 1 aromatic carbocycles. The highest BCUT2D eigenvalue weighted by molar-refractivity contribution is 6.03. The van der Waals surface area contributed by atoms with Gasteiger partial charge in [-0.1, -0.05) is 6.07 Å². The molecule has 0 atom stereocenters. The molecular formula is C14H16N2O3.